The predicted molar refractivity (Wildman–Crippen MR) is 65.8 cm³/mol. The molecule has 16 heavy (non-hydrogen) atoms. The molecule has 1 aliphatic carbocycles. The molecule has 1 aliphatic rings. The van der Waals surface area contributed by atoms with Gasteiger partial charge in [-0.2, -0.15) is 0 Å². The third kappa shape index (κ3) is 2.03. The van der Waals surface area contributed by atoms with Crippen LogP contribution in [0.15, 0.2) is 18.2 Å². The number of carbonyl (C=O) groups is 1. The van der Waals surface area contributed by atoms with Crippen molar-refractivity contribution in [3.63, 3.8) is 0 Å². The molecule has 0 saturated heterocycles. The first-order chi connectivity index (χ1) is 7.63. The average Bonchev–Trinajstić information content (AvgIpc) is 3.11. The van der Waals surface area contributed by atoms with E-state index in [2.05, 4.69) is 5.32 Å². The molecule has 0 atom stereocenters. The highest BCUT2D eigenvalue weighted by Crippen LogP contribution is 2.28. The summed E-state index contributed by atoms with van der Waals surface area (Å²) in [6.07, 6.45) is 2.28. The number of rotatable bonds is 3. The van der Waals surface area contributed by atoms with Crippen LogP contribution in [0.5, 0.6) is 0 Å². The highest BCUT2D eigenvalue weighted by molar-refractivity contribution is 6.00. The molecule has 3 heteroatoms. The monoisotopic (exact) mass is 218 g/mol. The molecular weight excluding hydrogens is 200 g/mol. The van der Waals surface area contributed by atoms with Crippen LogP contribution in [0.2, 0.25) is 0 Å². The standard InChI is InChI=1S/C13H18N2O/c1-9-4-7-12(14-2)11(8-9)13(16)15(3)10-5-6-10/h4,7-8,10,14H,5-6H2,1-3H3. The summed E-state index contributed by atoms with van der Waals surface area (Å²) in [5.74, 6) is 0.121. The highest BCUT2D eigenvalue weighted by atomic mass is 16.2. The first kappa shape index (κ1) is 11.0. The summed E-state index contributed by atoms with van der Waals surface area (Å²) in [5, 5.41) is 3.07. The second-order valence-corrected chi connectivity index (χ2v) is 4.45. The summed E-state index contributed by atoms with van der Waals surface area (Å²) in [6, 6.07) is 6.38. The number of aryl methyl sites for hydroxylation is 1. The molecule has 1 fully saturated rings. The van der Waals surface area contributed by atoms with Crippen molar-refractivity contribution in [2.45, 2.75) is 25.8 Å². The Morgan fingerprint density at radius 1 is 1.44 bits per heavy atom. The smallest absolute Gasteiger partial charge is 0.255 e. The summed E-state index contributed by atoms with van der Waals surface area (Å²) < 4.78 is 0. The Morgan fingerprint density at radius 2 is 2.12 bits per heavy atom. The fourth-order valence-electron chi connectivity index (χ4n) is 1.87. The van der Waals surface area contributed by atoms with Crippen molar-refractivity contribution in [3.8, 4) is 0 Å². The van der Waals surface area contributed by atoms with Crippen molar-refractivity contribution in [2.24, 2.45) is 0 Å². The zero-order valence-corrected chi connectivity index (χ0v) is 10.1. The minimum Gasteiger partial charge on any atom is -0.387 e. The Kier molecular flexibility index (Phi) is 2.86. The van der Waals surface area contributed by atoms with E-state index in [1.807, 2.05) is 44.1 Å². The van der Waals surface area contributed by atoms with Crippen LogP contribution in [0.3, 0.4) is 0 Å². The average molecular weight is 218 g/mol. The Bertz CT molecular complexity index is 410. The van der Waals surface area contributed by atoms with E-state index in [1.54, 1.807) is 0 Å². The van der Waals surface area contributed by atoms with Crippen LogP contribution in [0.1, 0.15) is 28.8 Å². The van der Waals surface area contributed by atoms with Gasteiger partial charge < -0.3 is 10.2 Å². The van der Waals surface area contributed by atoms with Crippen molar-refractivity contribution in [2.75, 3.05) is 19.4 Å². The lowest BCUT2D eigenvalue weighted by Gasteiger charge is -2.18. The van der Waals surface area contributed by atoms with E-state index in [1.165, 1.54) is 0 Å². The van der Waals surface area contributed by atoms with E-state index in [0.717, 1.165) is 29.7 Å². The lowest BCUT2D eigenvalue weighted by atomic mass is 10.1. The van der Waals surface area contributed by atoms with E-state index >= 15 is 0 Å². The van der Waals surface area contributed by atoms with E-state index in [4.69, 9.17) is 0 Å². The number of amides is 1. The predicted octanol–water partition coefficient (Wildman–Crippen LogP) is 2.27. The Morgan fingerprint density at radius 3 is 2.69 bits per heavy atom. The second-order valence-electron chi connectivity index (χ2n) is 4.45. The van der Waals surface area contributed by atoms with Crippen LogP contribution in [0.4, 0.5) is 5.69 Å². The Balaban J connectivity index is 2.30. The molecular formula is C13H18N2O. The minimum atomic E-state index is 0.121. The molecule has 3 nitrogen and oxygen atoms in total. The Hall–Kier alpha value is -1.51. The molecule has 1 aromatic carbocycles. The second kappa shape index (κ2) is 4.16. The van der Waals surface area contributed by atoms with Gasteiger partial charge in [0.25, 0.3) is 5.91 Å². The van der Waals surface area contributed by atoms with Gasteiger partial charge in [0.05, 0.1) is 5.56 Å². The van der Waals surface area contributed by atoms with E-state index in [0.29, 0.717) is 6.04 Å². The van der Waals surface area contributed by atoms with Crippen LogP contribution in [0, 0.1) is 6.92 Å². The largest absolute Gasteiger partial charge is 0.387 e. The van der Waals surface area contributed by atoms with Gasteiger partial charge in [-0.25, -0.2) is 0 Å². The van der Waals surface area contributed by atoms with Gasteiger partial charge in [0.2, 0.25) is 0 Å². The minimum absolute atomic E-state index is 0.121. The SMILES string of the molecule is CNc1ccc(C)cc1C(=O)N(C)C1CC1. The summed E-state index contributed by atoms with van der Waals surface area (Å²) in [5.41, 5.74) is 2.80. The molecule has 1 amide bonds. The Labute approximate surface area is 96.5 Å². The molecule has 1 saturated carbocycles. The zero-order chi connectivity index (χ0) is 11.7. The molecule has 0 radical (unpaired) electrons. The number of hydrogen-bond acceptors (Lipinski definition) is 2. The molecule has 86 valence electrons. The molecule has 2 rings (SSSR count). The van der Waals surface area contributed by atoms with Gasteiger partial charge in [-0.3, -0.25) is 4.79 Å². The number of hydrogen-bond donors (Lipinski definition) is 1. The van der Waals surface area contributed by atoms with Crippen LogP contribution < -0.4 is 5.32 Å². The number of benzene rings is 1. The first-order valence-corrected chi connectivity index (χ1v) is 5.69. The van der Waals surface area contributed by atoms with Crippen molar-refractivity contribution < 1.29 is 4.79 Å². The topological polar surface area (TPSA) is 32.3 Å². The van der Waals surface area contributed by atoms with Crippen molar-refractivity contribution >= 4 is 11.6 Å². The van der Waals surface area contributed by atoms with E-state index < -0.39 is 0 Å². The van der Waals surface area contributed by atoms with Crippen LogP contribution in [-0.4, -0.2) is 30.9 Å². The van der Waals surface area contributed by atoms with Gasteiger partial charge in [-0.15, -0.1) is 0 Å². The van der Waals surface area contributed by atoms with Crippen molar-refractivity contribution in [3.05, 3.63) is 29.3 Å². The normalized spacial score (nSPS) is 14.7. The quantitative estimate of drug-likeness (QED) is 0.844. The van der Waals surface area contributed by atoms with Gasteiger partial charge in [0, 0.05) is 25.8 Å². The number of nitrogens with zero attached hydrogens (tertiary/aromatic N) is 1. The zero-order valence-electron chi connectivity index (χ0n) is 10.1. The van der Waals surface area contributed by atoms with Gasteiger partial charge in [-0.05, 0) is 31.9 Å². The van der Waals surface area contributed by atoms with Crippen LogP contribution in [-0.2, 0) is 0 Å². The molecule has 0 aliphatic heterocycles. The molecule has 1 aromatic rings. The lowest BCUT2D eigenvalue weighted by molar-refractivity contribution is 0.0786. The van der Waals surface area contributed by atoms with E-state index in [9.17, 15) is 4.79 Å². The van der Waals surface area contributed by atoms with Crippen LogP contribution >= 0.6 is 0 Å². The third-order valence-corrected chi connectivity index (χ3v) is 3.09. The summed E-state index contributed by atoms with van der Waals surface area (Å²) in [6.45, 7) is 2.01. The fourth-order valence-corrected chi connectivity index (χ4v) is 1.87. The summed E-state index contributed by atoms with van der Waals surface area (Å²) in [7, 11) is 3.74. The van der Waals surface area contributed by atoms with Gasteiger partial charge in [0.1, 0.15) is 0 Å². The maximum Gasteiger partial charge on any atom is 0.255 e. The molecule has 0 bridgehead atoms. The van der Waals surface area contributed by atoms with Gasteiger partial charge >= 0.3 is 0 Å². The van der Waals surface area contributed by atoms with Gasteiger partial charge in [0.15, 0.2) is 0 Å². The maximum absolute atomic E-state index is 12.2. The third-order valence-electron chi connectivity index (χ3n) is 3.09. The molecule has 0 unspecified atom stereocenters. The molecule has 0 heterocycles. The highest BCUT2D eigenvalue weighted by Gasteiger charge is 2.30. The van der Waals surface area contributed by atoms with Gasteiger partial charge in [-0.1, -0.05) is 11.6 Å². The molecule has 1 N–H and O–H groups in total. The number of nitrogens with one attached hydrogen (secondary N) is 1. The van der Waals surface area contributed by atoms with Crippen LogP contribution in [0.25, 0.3) is 0 Å². The maximum atomic E-state index is 12.2. The van der Waals surface area contributed by atoms with Crippen molar-refractivity contribution in [1.82, 2.24) is 4.90 Å². The number of anilines is 1. The molecule has 0 aromatic heterocycles. The van der Waals surface area contributed by atoms with Crippen molar-refractivity contribution in [1.29, 1.82) is 0 Å². The fraction of sp³-hybridized carbons (Fsp3) is 0.462. The number of carbonyl (C=O) groups excluding carboxylic acids is 1. The summed E-state index contributed by atoms with van der Waals surface area (Å²) in [4.78, 5) is 14.1. The molecule has 0 spiro atoms. The lowest BCUT2D eigenvalue weighted by Crippen LogP contribution is -2.29. The van der Waals surface area contributed by atoms with E-state index in [-0.39, 0.29) is 5.91 Å². The summed E-state index contributed by atoms with van der Waals surface area (Å²) >= 11 is 0. The first-order valence-electron chi connectivity index (χ1n) is 5.69.